The number of carboxylic acid groups (broad SMARTS) is 2. The summed E-state index contributed by atoms with van der Waals surface area (Å²) in [7, 11) is 0. The molecule has 0 spiro atoms. The molecule has 0 atom stereocenters. The third-order valence-electron chi connectivity index (χ3n) is 0.438. The molecule has 0 aliphatic heterocycles. The van der Waals surface area contributed by atoms with Gasteiger partial charge in [-0.3, -0.25) is 9.59 Å². The maximum Gasteiger partial charge on any atom is 0.313 e. The topological polar surface area (TPSA) is 74.6 Å². The summed E-state index contributed by atoms with van der Waals surface area (Å²) in [6.45, 7) is 1.60. The lowest BCUT2D eigenvalue weighted by atomic mass is 10.5. The predicted octanol–water partition coefficient (Wildman–Crippen LogP) is 0.482. The third kappa shape index (κ3) is 26.6. The van der Waals surface area contributed by atoms with Gasteiger partial charge in [0.25, 0.3) is 0 Å². The Morgan fingerprint density at radius 3 is 1.50 bits per heavy atom. The highest BCUT2D eigenvalue weighted by atomic mass is 32.1. The van der Waals surface area contributed by atoms with Gasteiger partial charge in [0.2, 0.25) is 0 Å². The van der Waals surface area contributed by atoms with Crippen molar-refractivity contribution < 1.29 is 19.8 Å². The molecule has 0 aromatic heterocycles. The van der Waals surface area contributed by atoms with Gasteiger partial charge in [0.05, 0.1) is 5.75 Å². The number of rotatable bonds is 2. The van der Waals surface area contributed by atoms with Crippen molar-refractivity contribution in [2.24, 2.45) is 0 Å². The molecule has 0 radical (unpaired) electrons. The van der Waals surface area contributed by atoms with Crippen molar-refractivity contribution in [3.8, 4) is 0 Å². The largest absolute Gasteiger partial charge is 0.481 e. The maximum atomic E-state index is 9.37. The van der Waals surface area contributed by atoms with E-state index in [0.717, 1.165) is 0 Å². The van der Waals surface area contributed by atoms with Crippen molar-refractivity contribution in [2.45, 2.75) is 13.3 Å². The minimum Gasteiger partial charge on any atom is -0.481 e. The van der Waals surface area contributed by atoms with E-state index >= 15 is 0 Å². The normalized spacial score (nSPS) is 7.40. The van der Waals surface area contributed by atoms with Crippen molar-refractivity contribution in [1.29, 1.82) is 0 Å². The van der Waals surface area contributed by atoms with Crippen LogP contribution in [0.2, 0.25) is 0 Å². The van der Waals surface area contributed by atoms with Crippen LogP contribution < -0.4 is 0 Å². The fourth-order valence-electron chi connectivity index (χ4n) is 0. The lowest BCUT2D eigenvalue weighted by Gasteiger charge is -1.71. The van der Waals surface area contributed by atoms with E-state index in [-0.39, 0.29) is 12.2 Å². The smallest absolute Gasteiger partial charge is 0.313 e. The fourth-order valence-corrected chi connectivity index (χ4v) is 0. The van der Waals surface area contributed by atoms with E-state index in [4.69, 9.17) is 10.2 Å². The zero-order valence-electron chi connectivity index (χ0n) is 5.57. The van der Waals surface area contributed by atoms with E-state index in [1.165, 1.54) is 0 Å². The van der Waals surface area contributed by atoms with Gasteiger partial charge in [0, 0.05) is 6.42 Å². The number of carbonyl (C=O) groups is 2. The maximum absolute atomic E-state index is 9.37. The molecule has 0 bridgehead atoms. The minimum atomic E-state index is -0.881. The summed E-state index contributed by atoms with van der Waals surface area (Å²) in [5.41, 5.74) is 0. The van der Waals surface area contributed by atoms with Crippen LogP contribution in [-0.4, -0.2) is 27.9 Å². The van der Waals surface area contributed by atoms with Crippen LogP contribution in [0, 0.1) is 0 Å². The van der Waals surface area contributed by atoms with E-state index in [0.29, 0.717) is 0 Å². The van der Waals surface area contributed by atoms with Crippen LogP contribution in [0.3, 0.4) is 0 Å². The van der Waals surface area contributed by atoms with Crippen LogP contribution >= 0.6 is 12.6 Å². The molecule has 0 aliphatic carbocycles. The summed E-state index contributed by atoms with van der Waals surface area (Å²) in [6, 6.07) is 0. The summed E-state index contributed by atoms with van der Waals surface area (Å²) >= 11 is 3.42. The van der Waals surface area contributed by atoms with Gasteiger partial charge in [-0.2, -0.15) is 12.6 Å². The first-order valence-corrected chi connectivity index (χ1v) is 3.22. The van der Waals surface area contributed by atoms with Crippen molar-refractivity contribution in [3.05, 3.63) is 0 Å². The second-order valence-electron chi connectivity index (χ2n) is 1.30. The molecule has 0 aromatic rings. The SMILES string of the molecule is CCC(=O)O.O=C(O)CS. The molecule has 0 rings (SSSR count). The van der Waals surface area contributed by atoms with Crippen LogP contribution in [-0.2, 0) is 9.59 Å². The first-order valence-electron chi connectivity index (χ1n) is 2.59. The van der Waals surface area contributed by atoms with Gasteiger partial charge in [-0.25, -0.2) is 0 Å². The van der Waals surface area contributed by atoms with Crippen LogP contribution in [0.1, 0.15) is 13.3 Å². The number of hydrogen-bond donors (Lipinski definition) is 3. The fraction of sp³-hybridized carbons (Fsp3) is 0.600. The van der Waals surface area contributed by atoms with Crippen LogP contribution in [0.4, 0.5) is 0 Å². The average molecular weight is 166 g/mol. The highest BCUT2D eigenvalue weighted by molar-refractivity contribution is 7.81. The second kappa shape index (κ2) is 8.29. The van der Waals surface area contributed by atoms with Gasteiger partial charge in [0.1, 0.15) is 0 Å². The van der Waals surface area contributed by atoms with E-state index in [2.05, 4.69) is 12.6 Å². The quantitative estimate of drug-likeness (QED) is 0.522. The van der Waals surface area contributed by atoms with E-state index < -0.39 is 11.9 Å². The van der Waals surface area contributed by atoms with Crippen LogP contribution in [0.25, 0.3) is 0 Å². The summed E-state index contributed by atoms with van der Waals surface area (Å²) < 4.78 is 0. The highest BCUT2D eigenvalue weighted by Gasteiger charge is 1.81. The van der Waals surface area contributed by atoms with Gasteiger partial charge in [-0.05, 0) is 0 Å². The Labute approximate surface area is 64.3 Å². The molecule has 0 aromatic carbocycles. The first-order chi connectivity index (χ1) is 4.54. The van der Waals surface area contributed by atoms with Gasteiger partial charge < -0.3 is 10.2 Å². The van der Waals surface area contributed by atoms with E-state index in [1.54, 1.807) is 6.92 Å². The molecule has 10 heavy (non-hydrogen) atoms. The zero-order valence-corrected chi connectivity index (χ0v) is 6.47. The third-order valence-corrected chi connectivity index (χ3v) is 0.708. The Kier molecular flexibility index (Phi) is 9.96. The summed E-state index contributed by atoms with van der Waals surface area (Å²) in [5, 5.41) is 15.4. The molecular formula is C5H10O4S. The second-order valence-corrected chi connectivity index (χ2v) is 1.62. The Morgan fingerprint density at radius 1 is 1.30 bits per heavy atom. The number of thiol groups is 1. The number of aliphatic carboxylic acids is 2. The summed E-state index contributed by atoms with van der Waals surface area (Å²) in [5.74, 6) is -1.71. The van der Waals surface area contributed by atoms with Gasteiger partial charge in [-0.1, -0.05) is 6.92 Å². The van der Waals surface area contributed by atoms with Gasteiger partial charge >= 0.3 is 11.9 Å². The highest BCUT2D eigenvalue weighted by Crippen LogP contribution is 1.67. The van der Waals surface area contributed by atoms with Crippen molar-refractivity contribution in [1.82, 2.24) is 0 Å². The van der Waals surface area contributed by atoms with Crippen molar-refractivity contribution in [2.75, 3.05) is 5.75 Å². The molecule has 0 fully saturated rings. The van der Waals surface area contributed by atoms with Crippen molar-refractivity contribution >= 4 is 24.6 Å². The molecule has 0 saturated carbocycles. The molecule has 0 unspecified atom stereocenters. The van der Waals surface area contributed by atoms with Crippen LogP contribution in [0.15, 0.2) is 0 Å². The molecule has 0 heterocycles. The Bertz CT molecular complexity index is 98.2. The molecule has 5 heteroatoms. The van der Waals surface area contributed by atoms with Gasteiger partial charge in [-0.15, -0.1) is 0 Å². The lowest BCUT2D eigenvalue weighted by molar-refractivity contribution is -0.136. The molecule has 0 amide bonds. The van der Waals surface area contributed by atoms with Crippen LogP contribution in [0.5, 0.6) is 0 Å². The molecule has 60 valence electrons. The summed E-state index contributed by atoms with van der Waals surface area (Å²) in [4.78, 5) is 18.7. The van der Waals surface area contributed by atoms with E-state index in [1.807, 2.05) is 0 Å². The zero-order chi connectivity index (χ0) is 8.57. The standard InChI is InChI=1S/C3H6O2.C2H4O2S/c1-2-3(4)5;3-2(4)1-5/h2H2,1H3,(H,4,5);5H,1H2,(H,3,4). The monoisotopic (exact) mass is 166 g/mol. The molecule has 4 nitrogen and oxygen atoms in total. The first kappa shape index (κ1) is 12.0. The molecular weight excluding hydrogens is 156 g/mol. The summed E-state index contributed by atoms with van der Waals surface area (Å²) in [6.07, 6.45) is 0.222. The van der Waals surface area contributed by atoms with Crippen molar-refractivity contribution in [3.63, 3.8) is 0 Å². The average Bonchev–Trinajstić information content (AvgIpc) is 1.89. The lowest BCUT2D eigenvalue weighted by Crippen LogP contribution is -1.92. The number of hydrogen-bond acceptors (Lipinski definition) is 3. The predicted molar refractivity (Wildman–Crippen MR) is 39.4 cm³/mol. The Morgan fingerprint density at radius 2 is 1.50 bits per heavy atom. The molecule has 2 N–H and O–H groups in total. The molecule has 0 aliphatic rings. The molecule has 0 saturated heterocycles. The minimum absolute atomic E-state index is 0.0833. The van der Waals surface area contributed by atoms with Gasteiger partial charge in [0.15, 0.2) is 0 Å². The van der Waals surface area contributed by atoms with E-state index in [9.17, 15) is 9.59 Å². The number of carboxylic acids is 2. The Balaban J connectivity index is 0. The Hall–Kier alpha value is -0.710.